The number of hydrogen-bond donors (Lipinski definition) is 3. The third-order valence-electron chi connectivity index (χ3n) is 9.09. The molecule has 0 spiro atoms. The highest BCUT2D eigenvalue weighted by Crippen LogP contribution is 2.39. The van der Waals surface area contributed by atoms with Crippen LogP contribution >= 0.6 is 23.2 Å². The Balaban J connectivity index is 0.000000238. The number of rotatable bonds is 14. The molecule has 0 aromatic heterocycles. The molecule has 0 aliphatic heterocycles. The van der Waals surface area contributed by atoms with Crippen LogP contribution < -0.4 is 8.61 Å². The first-order valence-electron chi connectivity index (χ1n) is 18.2. The highest BCUT2D eigenvalue weighted by Gasteiger charge is 2.33. The van der Waals surface area contributed by atoms with E-state index >= 15 is 0 Å². The van der Waals surface area contributed by atoms with Gasteiger partial charge in [-0.15, -0.1) is 13.2 Å². The average Bonchev–Trinajstić information content (AvgIpc) is 3.27. The molecule has 6 aromatic rings. The molecule has 0 aliphatic rings. The largest absolute Gasteiger partial charge is 0.505 e. The van der Waals surface area contributed by atoms with E-state index < -0.39 is 75.5 Å². The van der Waals surface area contributed by atoms with Crippen molar-refractivity contribution in [3.8, 4) is 33.8 Å². The molecular formula is C45H36Cl2F2N2O10S2. The van der Waals surface area contributed by atoms with Gasteiger partial charge < -0.3 is 20.1 Å². The SMILES string of the molecule is C=CCN(c1cc(-c2ccccc2)ccc1F)S(=O)(=O)c1cc(C(=O)O)cc(Cl)c1O.C=CCN(c1cc(-c2ccccc2)ccc1F)S(=O)(=O)c1cc(C(=O)OC)cc(Cl)c1O. The monoisotopic (exact) mass is 936 g/mol. The van der Waals surface area contributed by atoms with Gasteiger partial charge in [0.25, 0.3) is 20.0 Å². The lowest BCUT2D eigenvalue weighted by Crippen LogP contribution is -2.32. The van der Waals surface area contributed by atoms with Crippen molar-refractivity contribution in [3.63, 3.8) is 0 Å². The number of benzene rings is 6. The van der Waals surface area contributed by atoms with Gasteiger partial charge in [0.15, 0.2) is 11.5 Å². The Bertz CT molecular complexity index is 2940. The van der Waals surface area contributed by atoms with Crippen LogP contribution in [0.5, 0.6) is 11.5 Å². The van der Waals surface area contributed by atoms with Gasteiger partial charge in [0.2, 0.25) is 0 Å². The number of aromatic hydroxyl groups is 2. The predicted molar refractivity (Wildman–Crippen MR) is 238 cm³/mol. The minimum atomic E-state index is -4.62. The summed E-state index contributed by atoms with van der Waals surface area (Å²) in [6, 6.07) is 29.7. The quantitative estimate of drug-likeness (QED) is 0.0703. The Morgan fingerprint density at radius 3 is 1.37 bits per heavy atom. The van der Waals surface area contributed by atoms with E-state index in [0.717, 1.165) is 58.9 Å². The van der Waals surface area contributed by atoms with E-state index in [-0.39, 0.29) is 35.1 Å². The molecule has 0 bridgehead atoms. The highest BCUT2D eigenvalue weighted by atomic mass is 35.5. The van der Waals surface area contributed by atoms with Crippen molar-refractivity contribution < 1.29 is 55.3 Å². The molecule has 6 rings (SSSR count). The van der Waals surface area contributed by atoms with Gasteiger partial charge in [0.1, 0.15) is 21.4 Å². The molecule has 63 heavy (non-hydrogen) atoms. The summed E-state index contributed by atoms with van der Waals surface area (Å²) in [6.45, 7) is 6.42. The molecule has 12 nitrogen and oxygen atoms in total. The van der Waals surface area contributed by atoms with Gasteiger partial charge in [0.05, 0.1) is 52.7 Å². The van der Waals surface area contributed by atoms with Crippen molar-refractivity contribution in [2.45, 2.75) is 9.79 Å². The minimum absolute atomic E-state index is 0.189. The molecule has 0 fully saturated rings. The number of nitrogens with zero attached hydrogens (tertiary/aromatic N) is 2. The molecule has 0 heterocycles. The van der Waals surface area contributed by atoms with E-state index in [0.29, 0.717) is 15.4 Å². The number of phenols is 2. The number of aromatic carboxylic acids is 1. The van der Waals surface area contributed by atoms with Crippen LogP contribution in [-0.4, -0.2) is 64.3 Å². The van der Waals surface area contributed by atoms with E-state index in [1.54, 1.807) is 48.5 Å². The van der Waals surface area contributed by atoms with Crippen LogP contribution in [0.3, 0.4) is 0 Å². The fourth-order valence-corrected chi connectivity index (χ4v) is 9.74. The fraction of sp³-hybridized carbons (Fsp3) is 0.0667. The van der Waals surface area contributed by atoms with Gasteiger partial charge in [-0.05, 0) is 70.8 Å². The Labute approximate surface area is 371 Å². The third-order valence-corrected chi connectivity index (χ3v) is 13.3. The number of phenolic OH excluding ortho intramolecular Hbond substituents is 2. The van der Waals surface area contributed by atoms with Gasteiger partial charge in [0, 0.05) is 0 Å². The van der Waals surface area contributed by atoms with Crippen LogP contribution in [0.2, 0.25) is 10.0 Å². The van der Waals surface area contributed by atoms with Crippen LogP contribution in [0.25, 0.3) is 22.3 Å². The normalized spacial score (nSPS) is 11.1. The lowest BCUT2D eigenvalue weighted by molar-refractivity contribution is 0.0599. The highest BCUT2D eigenvalue weighted by molar-refractivity contribution is 7.93. The Kier molecular flexibility index (Phi) is 15.0. The van der Waals surface area contributed by atoms with Gasteiger partial charge in [-0.1, -0.05) is 108 Å². The summed E-state index contributed by atoms with van der Waals surface area (Å²) in [6.07, 6.45) is 2.51. The number of hydrogen-bond acceptors (Lipinski definition) is 9. The van der Waals surface area contributed by atoms with Crippen molar-refractivity contribution in [1.29, 1.82) is 0 Å². The van der Waals surface area contributed by atoms with Crippen LogP contribution in [0.4, 0.5) is 20.2 Å². The maximum atomic E-state index is 14.8. The van der Waals surface area contributed by atoms with E-state index in [4.69, 9.17) is 23.2 Å². The van der Waals surface area contributed by atoms with Crippen molar-refractivity contribution >= 4 is 66.6 Å². The van der Waals surface area contributed by atoms with E-state index in [9.17, 15) is 50.5 Å². The summed E-state index contributed by atoms with van der Waals surface area (Å²) in [5.41, 5.74) is 1.44. The fourth-order valence-electron chi connectivity index (χ4n) is 6.05. The maximum absolute atomic E-state index is 14.8. The molecule has 326 valence electrons. The lowest BCUT2D eigenvalue weighted by atomic mass is 10.1. The van der Waals surface area contributed by atoms with Gasteiger partial charge in [-0.3, -0.25) is 8.61 Å². The molecule has 6 aromatic carbocycles. The van der Waals surface area contributed by atoms with Crippen molar-refractivity contribution in [2.75, 3.05) is 28.8 Å². The van der Waals surface area contributed by atoms with Gasteiger partial charge >= 0.3 is 11.9 Å². The number of carbonyl (C=O) groups excluding carboxylic acids is 1. The summed E-state index contributed by atoms with van der Waals surface area (Å²) in [4.78, 5) is 21.8. The number of carboxylic acids is 1. The van der Waals surface area contributed by atoms with E-state index in [1.165, 1.54) is 36.4 Å². The molecule has 0 radical (unpaired) electrons. The second-order valence-electron chi connectivity index (χ2n) is 13.1. The minimum Gasteiger partial charge on any atom is -0.505 e. The molecule has 0 saturated heterocycles. The Morgan fingerprint density at radius 2 is 1.00 bits per heavy atom. The molecule has 0 aliphatic carbocycles. The first kappa shape index (κ1) is 47.3. The standard InChI is InChI=1S/C23H19ClFNO5S.C22H17ClFNO5S/c1-3-11-26(20-13-16(9-10-19(20)25)15-7-5-4-6-8-15)32(29,30)21-14-17(23(28)31-2)12-18(24)22(21)27;1-2-10-25(19-12-15(8-9-18(19)24)14-6-4-3-5-7-14)31(29,30)20-13-16(22(27)28)11-17(23)21(20)26/h3-10,12-14,27H,1,11H2,2H3;2-9,11-13,26H,1,10H2,(H,27,28). The maximum Gasteiger partial charge on any atom is 0.337 e. The summed E-state index contributed by atoms with van der Waals surface area (Å²) >= 11 is 11.8. The number of esters is 1. The second-order valence-corrected chi connectivity index (χ2v) is 17.6. The average molecular weight is 938 g/mol. The van der Waals surface area contributed by atoms with Crippen LogP contribution in [-0.2, 0) is 24.8 Å². The van der Waals surface area contributed by atoms with Crippen molar-refractivity contribution in [2.24, 2.45) is 0 Å². The summed E-state index contributed by atoms with van der Waals surface area (Å²) < 4.78 is 89.4. The van der Waals surface area contributed by atoms with Gasteiger partial charge in [-0.2, -0.15) is 0 Å². The first-order chi connectivity index (χ1) is 29.9. The predicted octanol–water partition coefficient (Wildman–Crippen LogP) is 9.95. The van der Waals surface area contributed by atoms with E-state index in [2.05, 4.69) is 17.9 Å². The van der Waals surface area contributed by atoms with E-state index in [1.807, 2.05) is 12.1 Å². The number of carboxylic acid groups (broad SMARTS) is 1. The third kappa shape index (κ3) is 10.3. The summed E-state index contributed by atoms with van der Waals surface area (Å²) in [5.74, 6) is -5.52. The second kappa shape index (κ2) is 20.0. The zero-order valence-corrected chi connectivity index (χ0v) is 36.1. The molecule has 0 atom stereocenters. The molecular weight excluding hydrogens is 902 g/mol. The lowest BCUT2D eigenvalue weighted by Gasteiger charge is -2.25. The Hall–Kier alpha value is -6.72. The first-order valence-corrected chi connectivity index (χ1v) is 21.8. The Morgan fingerprint density at radius 1 is 0.619 bits per heavy atom. The van der Waals surface area contributed by atoms with Crippen LogP contribution in [0.1, 0.15) is 20.7 Å². The molecule has 18 heteroatoms. The number of ether oxygens (including phenoxy) is 1. The number of methoxy groups -OCH3 is 1. The summed E-state index contributed by atoms with van der Waals surface area (Å²) in [5, 5.41) is 29.0. The topological polar surface area (TPSA) is 179 Å². The zero-order chi connectivity index (χ0) is 46.2. The van der Waals surface area contributed by atoms with Gasteiger partial charge in [-0.25, -0.2) is 35.2 Å². The number of halogens is 4. The van der Waals surface area contributed by atoms with Crippen LogP contribution in [0.15, 0.2) is 156 Å². The molecule has 3 N–H and O–H groups in total. The van der Waals surface area contributed by atoms with Crippen molar-refractivity contribution in [3.05, 3.63) is 179 Å². The number of sulfonamides is 2. The molecule has 0 amide bonds. The molecule has 0 saturated carbocycles. The number of carbonyl (C=O) groups is 2. The zero-order valence-electron chi connectivity index (χ0n) is 33.0. The van der Waals surface area contributed by atoms with Crippen LogP contribution in [0, 0.1) is 11.6 Å². The molecule has 0 unspecified atom stereocenters. The summed E-state index contributed by atoms with van der Waals surface area (Å²) in [7, 11) is -8.08. The van der Waals surface area contributed by atoms with Crippen molar-refractivity contribution in [1.82, 2.24) is 0 Å². The number of anilines is 2. The smallest absolute Gasteiger partial charge is 0.337 e.